The lowest BCUT2D eigenvalue weighted by atomic mass is 10.0. The molecule has 6 nitrogen and oxygen atoms in total. The molecule has 0 spiro atoms. The first-order valence-electron chi connectivity index (χ1n) is 10.9. The lowest BCUT2D eigenvalue weighted by Gasteiger charge is -2.09. The van der Waals surface area contributed by atoms with E-state index in [0.29, 0.717) is 33.1 Å². The highest BCUT2D eigenvalue weighted by molar-refractivity contribution is 6.31. The summed E-state index contributed by atoms with van der Waals surface area (Å²) in [7, 11) is 1.64. The fourth-order valence-electron chi connectivity index (χ4n) is 4.22. The molecule has 2 heterocycles. The van der Waals surface area contributed by atoms with E-state index in [9.17, 15) is 4.79 Å². The zero-order valence-electron chi connectivity index (χ0n) is 18.6. The van der Waals surface area contributed by atoms with Crippen molar-refractivity contribution in [2.75, 3.05) is 7.11 Å². The third-order valence-corrected chi connectivity index (χ3v) is 6.14. The summed E-state index contributed by atoms with van der Waals surface area (Å²) in [6.45, 7) is 0. The molecule has 7 heteroatoms. The van der Waals surface area contributed by atoms with Gasteiger partial charge < -0.3 is 9.15 Å². The minimum atomic E-state index is -0.293. The molecule has 35 heavy (non-hydrogen) atoms. The van der Waals surface area contributed by atoms with Crippen LogP contribution < -0.4 is 10.3 Å². The number of hydrogen-bond acceptors (Lipinski definition) is 5. The van der Waals surface area contributed by atoms with Gasteiger partial charge in [0, 0.05) is 21.4 Å². The van der Waals surface area contributed by atoms with Crippen molar-refractivity contribution < 1.29 is 9.15 Å². The highest BCUT2D eigenvalue weighted by Gasteiger charge is 2.17. The molecule has 6 aromatic rings. The van der Waals surface area contributed by atoms with Gasteiger partial charge in [-0.25, -0.2) is 4.98 Å². The van der Waals surface area contributed by atoms with Crippen LogP contribution in [0.5, 0.6) is 5.75 Å². The number of benzene rings is 4. The van der Waals surface area contributed by atoms with E-state index >= 15 is 0 Å². The Labute approximate surface area is 204 Å². The zero-order chi connectivity index (χ0) is 23.9. The Balaban J connectivity index is 1.57. The van der Waals surface area contributed by atoms with Gasteiger partial charge in [-0.2, -0.15) is 9.78 Å². The molecule has 0 saturated heterocycles. The summed E-state index contributed by atoms with van der Waals surface area (Å²) in [5.41, 5.74) is 1.75. The highest BCUT2D eigenvalue weighted by Crippen LogP contribution is 2.30. The summed E-state index contributed by atoms with van der Waals surface area (Å²) in [6, 6.07) is 26.0. The van der Waals surface area contributed by atoms with Crippen molar-refractivity contribution >= 4 is 50.5 Å². The first kappa shape index (κ1) is 21.1. The second-order valence-corrected chi connectivity index (χ2v) is 8.45. The van der Waals surface area contributed by atoms with Crippen LogP contribution in [0.3, 0.4) is 0 Å². The number of nitrogens with zero attached hydrogens (tertiary/aromatic N) is 3. The van der Waals surface area contributed by atoms with Crippen molar-refractivity contribution in [2.24, 2.45) is 5.10 Å². The molecular formula is C28H18ClN3O3. The van der Waals surface area contributed by atoms with E-state index in [1.54, 1.807) is 49.7 Å². The van der Waals surface area contributed by atoms with E-state index in [1.165, 1.54) is 4.68 Å². The van der Waals surface area contributed by atoms with E-state index in [2.05, 4.69) is 5.10 Å². The lowest BCUT2D eigenvalue weighted by molar-refractivity contribution is 0.420. The van der Waals surface area contributed by atoms with Crippen LogP contribution in [-0.2, 0) is 0 Å². The summed E-state index contributed by atoms with van der Waals surface area (Å²) >= 11 is 6.15. The average molecular weight is 480 g/mol. The van der Waals surface area contributed by atoms with Crippen LogP contribution in [-0.4, -0.2) is 23.0 Å². The Morgan fingerprint density at radius 3 is 2.54 bits per heavy atom. The Hall–Kier alpha value is -4.42. The number of hydrogen-bond donors (Lipinski definition) is 0. The molecule has 0 radical (unpaired) electrons. The molecule has 6 rings (SSSR count). The molecule has 2 aromatic heterocycles. The SMILES string of the molecule is COc1ccc(C=Nn2c(-c3cc4cc(Cl)ccc4o3)nc3ccccc3c2=O)c2ccccc12. The predicted octanol–water partition coefficient (Wildman–Crippen LogP) is 6.51. The average Bonchev–Trinajstić information content (AvgIpc) is 3.31. The molecule has 170 valence electrons. The number of halogens is 1. The van der Waals surface area contributed by atoms with Crippen molar-refractivity contribution in [1.82, 2.24) is 9.66 Å². The predicted molar refractivity (Wildman–Crippen MR) is 140 cm³/mol. The quantitative estimate of drug-likeness (QED) is 0.270. The normalized spacial score (nSPS) is 11.7. The van der Waals surface area contributed by atoms with Crippen molar-refractivity contribution in [1.29, 1.82) is 0 Å². The molecule has 0 saturated carbocycles. The number of methoxy groups -OCH3 is 1. The Bertz CT molecular complexity index is 1840. The number of para-hydroxylation sites is 1. The van der Waals surface area contributed by atoms with Crippen LogP contribution in [0.1, 0.15) is 5.56 Å². The zero-order valence-corrected chi connectivity index (χ0v) is 19.4. The molecule has 0 aliphatic heterocycles. The van der Waals surface area contributed by atoms with Crippen molar-refractivity contribution in [2.45, 2.75) is 0 Å². The topological polar surface area (TPSA) is 69.6 Å². The molecule has 0 fully saturated rings. The summed E-state index contributed by atoms with van der Waals surface area (Å²) in [6.07, 6.45) is 1.66. The minimum absolute atomic E-state index is 0.293. The number of fused-ring (bicyclic) bond motifs is 3. The monoisotopic (exact) mass is 479 g/mol. The maximum Gasteiger partial charge on any atom is 0.282 e. The third-order valence-electron chi connectivity index (χ3n) is 5.90. The lowest BCUT2D eigenvalue weighted by Crippen LogP contribution is -2.20. The van der Waals surface area contributed by atoms with Crippen molar-refractivity contribution in [3.8, 4) is 17.3 Å². The van der Waals surface area contributed by atoms with Gasteiger partial charge in [0.05, 0.1) is 24.2 Å². The Morgan fingerprint density at radius 1 is 0.943 bits per heavy atom. The highest BCUT2D eigenvalue weighted by atomic mass is 35.5. The van der Waals surface area contributed by atoms with Gasteiger partial charge >= 0.3 is 0 Å². The van der Waals surface area contributed by atoms with Gasteiger partial charge in [-0.1, -0.05) is 48.0 Å². The van der Waals surface area contributed by atoms with Crippen LogP contribution in [0.4, 0.5) is 0 Å². The molecule has 0 bridgehead atoms. The van der Waals surface area contributed by atoms with Gasteiger partial charge in [-0.3, -0.25) is 4.79 Å². The number of ether oxygens (including phenoxy) is 1. The molecule has 0 atom stereocenters. The first-order chi connectivity index (χ1) is 17.1. The van der Waals surface area contributed by atoms with Crippen molar-refractivity contribution in [3.63, 3.8) is 0 Å². The summed E-state index contributed by atoms with van der Waals surface area (Å²) in [5.74, 6) is 1.49. The van der Waals surface area contributed by atoms with Gasteiger partial charge in [-0.05, 0) is 53.9 Å². The maximum atomic E-state index is 13.5. The second kappa shape index (κ2) is 8.42. The largest absolute Gasteiger partial charge is 0.496 e. The minimum Gasteiger partial charge on any atom is -0.496 e. The molecular weight excluding hydrogens is 462 g/mol. The van der Waals surface area contributed by atoms with Crippen LogP contribution in [0.2, 0.25) is 5.02 Å². The smallest absolute Gasteiger partial charge is 0.282 e. The molecule has 0 unspecified atom stereocenters. The first-order valence-corrected chi connectivity index (χ1v) is 11.3. The molecule has 4 aromatic carbocycles. The Kier molecular flexibility index (Phi) is 5.08. The Morgan fingerprint density at radius 2 is 1.71 bits per heavy atom. The third kappa shape index (κ3) is 3.64. The van der Waals surface area contributed by atoms with E-state index in [4.69, 9.17) is 25.7 Å². The van der Waals surface area contributed by atoms with E-state index in [1.807, 2.05) is 48.5 Å². The van der Waals surface area contributed by atoms with Gasteiger partial charge in [-0.15, -0.1) is 0 Å². The van der Waals surface area contributed by atoms with Gasteiger partial charge in [0.25, 0.3) is 5.56 Å². The van der Waals surface area contributed by atoms with Crippen LogP contribution in [0.15, 0.2) is 99.2 Å². The maximum absolute atomic E-state index is 13.5. The summed E-state index contributed by atoms with van der Waals surface area (Å²) in [4.78, 5) is 18.2. The van der Waals surface area contributed by atoms with E-state index in [0.717, 1.165) is 27.5 Å². The summed E-state index contributed by atoms with van der Waals surface area (Å²) in [5, 5.41) is 8.37. The fourth-order valence-corrected chi connectivity index (χ4v) is 4.40. The molecule has 0 aliphatic carbocycles. The van der Waals surface area contributed by atoms with Crippen LogP contribution in [0.25, 0.3) is 44.2 Å². The summed E-state index contributed by atoms with van der Waals surface area (Å²) < 4.78 is 12.8. The van der Waals surface area contributed by atoms with Crippen LogP contribution >= 0.6 is 11.6 Å². The van der Waals surface area contributed by atoms with E-state index in [-0.39, 0.29) is 5.56 Å². The fraction of sp³-hybridized carbons (Fsp3) is 0.0357. The second-order valence-electron chi connectivity index (χ2n) is 8.01. The number of furan rings is 1. The van der Waals surface area contributed by atoms with Gasteiger partial charge in [0.2, 0.25) is 5.82 Å². The van der Waals surface area contributed by atoms with Gasteiger partial charge in [0.15, 0.2) is 5.76 Å². The number of aromatic nitrogens is 2. The van der Waals surface area contributed by atoms with Gasteiger partial charge in [0.1, 0.15) is 11.3 Å². The number of rotatable bonds is 4. The molecule has 0 aliphatic rings. The van der Waals surface area contributed by atoms with Crippen LogP contribution in [0, 0.1) is 0 Å². The van der Waals surface area contributed by atoms with E-state index < -0.39 is 0 Å². The standard InChI is InChI=1S/C28H18ClN3O3/c1-34-25-12-10-17(20-6-2-3-7-21(20)25)16-30-32-27(31-23-9-5-4-8-22(23)28(32)33)26-15-18-14-19(29)11-13-24(18)35-26/h2-16H,1H3. The van der Waals surface area contributed by atoms with Crippen molar-refractivity contribution in [3.05, 3.63) is 106 Å². The molecule has 0 N–H and O–H groups in total. The molecule has 0 amide bonds.